The van der Waals surface area contributed by atoms with Gasteiger partial charge in [0.2, 0.25) is 5.91 Å². The summed E-state index contributed by atoms with van der Waals surface area (Å²) in [4.78, 5) is 26.6. The van der Waals surface area contributed by atoms with Gasteiger partial charge in [-0.05, 0) is 51.2 Å². The van der Waals surface area contributed by atoms with Crippen LogP contribution in [0.4, 0.5) is 0 Å². The summed E-state index contributed by atoms with van der Waals surface area (Å²) < 4.78 is 5.56. The quantitative estimate of drug-likeness (QED) is 0.837. The van der Waals surface area contributed by atoms with Crippen molar-refractivity contribution in [2.75, 3.05) is 19.7 Å². The van der Waals surface area contributed by atoms with Gasteiger partial charge >= 0.3 is 0 Å². The van der Waals surface area contributed by atoms with Gasteiger partial charge in [-0.15, -0.1) is 0 Å². The molecular formula is C20H26N2O3. The molecule has 1 aliphatic heterocycles. The van der Waals surface area contributed by atoms with E-state index < -0.39 is 0 Å². The molecule has 1 aromatic rings. The van der Waals surface area contributed by atoms with E-state index in [0.29, 0.717) is 31.0 Å². The molecule has 0 aromatic heterocycles. The summed E-state index contributed by atoms with van der Waals surface area (Å²) in [5.41, 5.74) is 1.86. The summed E-state index contributed by atoms with van der Waals surface area (Å²) in [6.45, 7) is 3.75. The molecule has 2 fully saturated rings. The lowest BCUT2D eigenvalue weighted by molar-refractivity contribution is -0.117. The number of benzene rings is 1. The third kappa shape index (κ3) is 4.41. The van der Waals surface area contributed by atoms with Crippen molar-refractivity contribution in [3.05, 3.63) is 41.5 Å². The van der Waals surface area contributed by atoms with Crippen LogP contribution in [0.1, 0.15) is 49.4 Å². The van der Waals surface area contributed by atoms with Crippen molar-refractivity contribution in [3.8, 4) is 5.75 Å². The molecule has 1 heterocycles. The summed E-state index contributed by atoms with van der Waals surface area (Å²) >= 11 is 0. The van der Waals surface area contributed by atoms with Gasteiger partial charge in [-0.2, -0.15) is 0 Å². The van der Waals surface area contributed by atoms with Crippen molar-refractivity contribution < 1.29 is 14.3 Å². The third-order valence-corrected chi connectivity index (χ3v) is 4.88. The number of rotatable bonds is 5. The number of nitrogens with zero attached hydrogens (tertiary/aromatic N) is 1. The number of ether oxygens (including phenoxy) is 1. The molecule has 1 N–H and O–H groups in total. The van der Waals surface area contributed by atoms with Gasteiger partial charge in [-0.3, -0.25) is 9.59 Å². The molecule has 0 spiro atoms. The van der Waals surface area contributed by atoms with E-state index in [1.54, 1.807) is 6.08 Å². The Kier molecular flexibility index (Phi) is 5.74. The number of likely N-dealkylation sites (tertiary alicyclic amines) is 1. The second-order valence-electron chi connectivity index (χ2n) is 6.66. The molecule has 2 amide bonds. The molecule has 0 radical (unpaired) electrons. The molecule has 3 rings (SSSR count). The highest BCUT2D eigenvalue weighted by atomic mass is 16.5. The second kappa shape index (κ2) is 8.19. The van der Waals surface area contributed by atoms with E-state index in [-0.39, 0.29) is 17.9 Å². The van der Waals surface area contributed by atoms with Crippen LogP contribution in [-0.4, -0.2) is 42.5 Å². The molecule has 5 nitrogen and oxygen atoms in total. The fourth-order valence-corrected chi connectivity index (χ4v) is 3.28. The monoisotopic (exact) mass is 342 g/mol. The minimum Gasteiger partial charge on any atom is -0.493 e. The Hall–Kier alpha value is -2.30. The summed E-state index contributed by atoms with van der Waals surface area (Å²) in [6.07, 6.45) is 6.64. The number of allylic oxidation sites excluding steroid dienone is 1. The summed E-state index contributed by atoms with van der Waals surface area (Å²) in [6, 6.07) is 7.52. The van der Waals surface area contributed by atoms with Crippen molar-refractivity contribution >= 4 is 11.8 Å². The van der Waals surface area contributed by atoms with Gasteiger partial charge in [-0.1, -0.05) is 17.7 Å². The number of nitrogens with one attached hydrogen (secondary N) is 1. The Morgan fingerprint density at radius 1 is 1.24 bits per heavy atom. The van der Waals surface area contributed by atoms with Crippen molar-refractivity contribution in [1.29, 1.82) is 0 Å². The molecule has 5 heteroatoms. The average molecular weight is 342 g/mol. The molecule has 0 unspecified atom stereocenters. The van der Waals surface area contributed by atoms with Crippen LogP contribution in [0.5, 0.6) is 5.75 Å². The number of para-hydroxylation sites is 1. The first-order valence-corrected chi connectivity index (χ1v) is 9.18. The van der Waals surface area contributed by atoms with Crippen molar-refractivity contribution in [2.45, 2.75) is 45.1 Å². The SMILES string of the molecule is CCOc1ccccc1C(=O)N1CCC(NC(=O)C=C2CCC2)CC1. The van der Waals surface area contributed by atoms with Gasteiger partial charge < -0.3 is 15.0 Å². The first-order chi connectivity index (χ1) is 12.2. The zero-order valence-corrected chi connectivity index (χ0v) is 14.8. The Morgan fingerprint density at radius 3 is 2.60 bits per heavy atom. The molecule has 134 valence electrons. The number of carbonyl (C=O) groups is 2. The lowest BCUT2D eigenvalue weighted by Crippen LogP contribution is -2.46. The van der Waals surface area contributed by atoms with Crippen LogP contribution in [0.3, 0.4) is 0 Å². The largest absolute Gasteiger partial charge is 0.493 e. The van der Waals surface area contributed by atoms with Crippen LogP contribution in [0.15, 0.2) is 35.9 Å². The van der Waals surface area contributed by atoms with Crippen LogP contribution < -0.4 is 10.1 Å². The lowest BCUT2D eigenvalue weighted by atomic mass is 9.92. The first-order valence-electron chi connectivity index (χ1n) is 9.18. The van der Waals surface area contributed by atoms with E-state index in [9.17, 15) is 9.59 Å². The van der Waals surface area contributed by atoms with Crippen molar-refractivity contribution in [2.24, 2.45) is 0 Å². The van der Waals surface area contributed by atoms with Crippen LogP contribution in [0, 0.1) is 0 Å². The maximum Gasteiger partial charge on any atom is 0.257 e. The normalized spacial score (nSPS) is 17.6. The Balaban J connectivity index is 1.53. The smallest absolute Gasteiger partial charge is 0.257 e. The van der Waals surface area contributed by atoms with E-state index >= 15 is 0 Å². The molecular weight excluding hydrogens is 316 g/mol. The lowest BCUT2D eigenvalue weighted by Gasteiger charge is -2.32. The Morgan fingerprint density at radius 2 is 1.96 bits per heavy atom. The van der Waals surface area contributed by atoms with Crippen LogP contribution in [-0.2, 0) is 4.79 Å². The Labute approximate surface area is 149 Å². The van der Waals surface area contributed by atoms with Gasteiger partial charge in [-0.25, -0.2) is 0 Å². The second-order valence-corrected chi connectivity index (χ2v) is 6.66. The van der Waals surface area contributed by atoms with Gasteiger partial charge in [0.25, 0.3) is 5.91 Å². The van der Waals surface area contributed by atoms with Gasteiger partial charge in [0.15, 0.2) is 0 Å². The van der Waals surface area contributed by atoms with Gasteiger partial charge in [0, 0.05) is 25.2 Å². The molecule has 1 saturated carbocycles. The minimum atomic E-state index is 0.00501. The predicted octanol–water partition coefficient (Wildman–Crippen LogP) is 2.92. The fraction of sp³-hybridized carbons (Fsp3) is 0.500. The van der Waals surface area contributed by atoms with E-state index in [0.717, 1.165) is 25.7 Å². The molecule has 1 aromatic carbocycles. The summed E-state index contributed by atoms with van der Waals surface area (Å²) in [7, 11) is 0. The zero-order chi connectivity index (χ0) is 17.6. The molecule has 1 aliphatic carbocycles. The van der Waals surface area contributed by atoms with E-state index in [4.69, 9.17) is 4.74 Å². The van der Waals surface area contributed by atoms with Gasteiger partial charge in [0.05, 0.1) is 12.2 Å². The summed E-state index contributed by atoms with van der Waals surface area (Å²) in [5, 5.41) is 3.07. The number of piperidine rings is 1. The third-order valence-electron chi connectivity index (χ3n) is 4.88. The highest BCUT2D eigenvalue weighted by Gasteiger charge is 2.26. The van der Waals surface area contributed by atoms with Crippen LogP contribution >= 0.6 is 0 Å². The van der Waals surface area contributed by atoms with Crippen LogP contribution in [0.2, 0.25) is 0 Å². The zero-order valence-electron chi connectivity index (χ0n) is 14.8. The first kappa shape index (κ1) is 17.5. The summed E-state index contributed by atoms with van der Waals surface area (Å²) in [5.74, 6) is 0.657. The number of hydrogen-bond acceptors (Lipinski definition) is 3. The maximum atomic E-state index is 12.8. The molecule has 2 aliphatic rings. The highest BCUT2D eigenvalue weighted by Crippen LogP contribution is 2.25. The van der Waals surface area contributed by atoms with E-state index in [2.05, 4.69) is 5.32 Å². The van der Waals surface area contributed by atoms with Crippen molar-refractivity contribution in [1.82, 2.24) is 10.2 Å². The highest BCUT2D eigenvalue weighted by molar-refractivity contribution is 5.97. The maximum absolute atomic E-state index is 12.8. The van der Waals surface area contributed by atoms with E-state index in [1.807, 2.05) is 36.1 Å². The standard InChI is InChI=1S/C20H26N2O3/c1-2-25-18-9-4-3-8-17(18)20(24)22-12-10-16(11-13-22)21-19(23)14-15-6-5-7-15/h3-4,8-9,14,16H,2,5-7,10-13H2,1H3,(H,21,23). The van der Waals surface area contributed by atoms with E-state index in [1.165, 1.54) is 12.0 Å². The predicted molar refractivity (Wildman–Crippen MR) is 96.6 cm³/mol. The molecule has 1 saturated heterocycles. The van der Waals surface area contributed by atoms with Crippen LogP contribution in [0.25, 0.3) is 0 Å². The molecule has 0 atom stereocenters. The average Bonchev–Trinajstić information content (AvgIpc) is 2.59. The fourth-order valence-electron chi connectivity index (χ4n) is 3.28. The number of amides is 2. The Bertz CT molecular complexity index is 655. The van der Waals surface area contributed by atoms with Gasteiger partial charge in [0.1, 0.15) is 5.75 Å². The number of hydrogen-bond donors (Lipinski definition) is 1. The number of carbonyl (C=O) groups excluding carboxylic acids is 2. The topological polar surface area (TPSA) is 58.6 Å². The van der Waals surface area contributed by atoms with Crippen molar-refractivity contribution in [3.63, 3.8) is 0 Å². The minimum absolute atomic E-state index is 0.00501. The molecule has 25 heavy (non-hydrogen) atoms. The molecule has 0 bridgehead atoms.